The second kappa shape index (κ2) is 9.24. The van der Waals surface area contributed by atoms with E-state index in [4.69, 9.17) is 15.2 Å². The first-order chi connectivity index (χ1) is 15.7. The molecule has 3 heterocycles. The zero-order valence-electron chi connectivity index (χ0n) is 18.6. The van der Waals surface area contributed by atoms with Gasteiger partial charge in [0.05, 0.1) is 29.8 Å². The van der Waals surface area contributed by atoms with E-state index in [0.717, 1.165) is 6.07 Å². The third kappa shape index (κ3) is 5.01. The SMILES string of the molecule is C[C@@H]1CN(c2nc(Oc3ccc(C(=O)N(C)C)cc3F)nc(-c3cnc(N)s3)n2)[C@@H](C)CO1. The Kier molecular flexibility index (Phi) is 6.38. The molecular formula is C21H24FN7O3S. The number of nitrogens with zero attached hydrogens (tertiary/aromatic N) is 6. The van der Waals surface area contributed by atoms with Crippen LogP contribution < -0.4 is 15.4 Å². The number of carbonyl (C=O) groups is 1. The molecule has 0 bridgehead atoms. The lowest BCUT2D eigenvalue weighted by atomic mass is 10.2. The average Bonchev–Trinajstić information content (AvgIpc) is 3.22. The molecule has 1 aromatic carbocycles. The van der Waals surface area contributed by atoms with Crippen molar-refractivity contribution < 1.29 is 18.7 Å². The highest BCUT2D eigenvalue weighted by Gasteiger charge is 2.27. The fourth-order valence-corrected chi connectivity index (χ4v) is 3.89. The van der Waals surface area contributed by atoms with Crippen molar-refractivity contribution in [1.82, 2.24) is 24.8 Å². The number of nitrogens with two attached hydrogens (primary N) is 1. The van der Waals surface area contributed by atoms with E-state index in [1.165, 1.54) is 28.4 Å². The van der Waals surface area contributed by atoms with Crippen LogP contribution in [-0.4, -0.2) is 70.1 Å². The van der Waals surface area contributed by atoms with E-state index in [1.807, 2.05) is 18.7 Å². The molecule has 33 heavy (non-hydrogen) atoms. The van der Waals surface area contributed by atoms with Crippen molar-refractivity contribution in [2.24, 2.45) is 0 Å². The molecule has 1 aliphatic heterocycles. The second-order valence-electron chi connectivity index (χ2n) is 7.90. The normalized spacial score (nSPS) is 18.3. The molecule has 0 radical (unpaired) electrons. The number of nitrogen functional groups attached to an aromatic ring is 1. The summed E-state index contributed by atoms with van der Waals surface area (Å²) >= 11 is 1.22. The van der Waals surface area contributed by atoms with Crippen LogP contribution in [0.1, 0.15) is 24.2 Å². The van der Waals surface area contributed by atoms with Gasteiger partial charge >= 0.3 is 6.01 Å². The predicted molar refractivity (Wildman–Crippen MR) is 122 cm³/mol. The Morgan fingerprint density at radius 3 is 2.76 bits per heavy atom. The summed E-state index contributed by atoms with van der Waals surface area (Å²) in [6, 6.07) is 3.91. The number of thiazole rings is 1. The van der Waals surface area contributed by atoms with Crippen molar-refractivity contribution in [2.75, 3.05) is 37.9 Å². The lowest BCUT2D eigenvalue weighted by molar-refractivity contribution is 0.0336. The molecule has 1 aliphatic rings. The van der Waals surface area contributed by atoms with Crippen molar-refractivity contribution >= 4 is 28.3 Å². The van der Waals surface area contributed by atoms with Gasteiger partial charge in [0, 0.05) is 26.2 Å². The van der Waals surface area contributed by atoms with Gasteiger partial charge < -0.3 is 25.0 Å². The summed E-state index contributed by atoms with van der Waals surface area (Å²) in [6.07, 6.45) is 1.56. The molecule has 174 valence electrons. The lowest BCUT2D eigenvalue weighted by Gasteiger charge is -2.36. The zero-order chi connectivity index (χ0) is 23.7. The fraction of sp³-hybridized carbons (Fsp3) is 0.381. The van der Waals surface area contributed by atoms with Gasteiger partial charge in [-0.05, 0) is 32.0 Å². The van der Waals surface area contributed by atoms with E-state index in [1.54, 1.807) is 20.3 Å². The number of aromatic nitrogens is 4. The molecule has 12 heteroatoms. The maximum atomic E-state index is 14.7. The van der Waals surface area contributed by atoms with Crippen LogP contribution in [0.15, 0.2) is 24.4 Å². The fourth-order valence-electron chi connectivity index (χ4n) is 3.28. The number of anilines is 2. The first-order valence-corrected chi connectivity index (χ1v) is 11.1. The van der Waals surface area contributed by atoms with Crippen molar-refractivity contribution in [3.8, 4) is 22.5 Å². The third-order valence-corrected chi connectivity index (χ3v) is 5.82. The molecule has 0 spiro atoms. The van der Waals surface area contributed by atoms with E-state index in [0.29, 0.717) is 34.9 Å². The number of halogens is 1. The van der Waals surface area contributed by atoms with Gasteiger partial charge in [0.15, 0.2) is 22.5 Å². The average molecular weight is 474 g/mol. The van der Waals surface area contributed by atoms with Gasteiger partial charge in [0.2, 0.25) is 5.95 Å². The minimum Gasteiger partial charge on any atom is -0.421 e. The number of benzene rings is 1. The Hall–Kier alpha value is -3.38. The second-order valence-corrected chi connectivity index (χ2v) is 8.96. The molecule has 4 rings (SSSR count). The van der Waals surface area contributed by atoms with Crippen molar-refractivity contribution in [1.29, 1.82) is 0 Å². The smallest absolute Gasteiger partial charge is 0.327 e. The molecule has 3 aromatic rings. The summed E-state index contributed by atoms with van der Waals surface area (Å²) in [5.74, 6) is -0.439. The Morgan fingerprint density at radius 1 is 1.30 bits per heavy atom. The molecule has 2 atom stereocenters. The quantitative estimate of drug-likeness (QED) is 0.596. The first kappa shape index (κ1) is 22.8. The summed E-state index contributed by atoms with van der Waals surface area (Å²) in [6.45, 7) is 5.06. The summed E-state index contributed by atoms with van der Waals surface area (Å²) in [5.41, 5.74) is 5.98. The number of morpholine rings is 1. The molecule has 0 unspecified atom stereocenters. The molecule has 1 amide bonds. The van der Waals surface area contributed by atoms with Crippen LogP contribution in [0.4, 0.5) is 15.5 Å². The number of hydrogen-bond acceptors (Lipinski definition) is 10. The third-order valence-electron chi connectivity index (χ3n) is 5.00. The largest absolute Gasteiger partial charge is 0.421 e. The van der Waals surface area contributed by atoms with Gasteiger partial charge in [-0.1, -0.05) is 11.3 Å². The van der Waals surface area contributed by atoms with E-state index in [9.17, 15) is 9.18 Å². The predicted octanol–water partition coefficient (Wildman–Crippen LogP) is 2.82. The first-order valence-electron chi connectivity index (χ1n) is 10.3. The molecule has 2 N–H and O–H groups in total. The molecule has 1 fully saturated rings. The van der Waals surface area contributed by atoms with Gasteiger partial charge in [-0.25, -0.2) is 9.37 Å². The van der Waals surface area contributed by atoms with Gasteiger partial charge in [-0.15, -0.1) is 0 Å². The maximum Gasteiger partial charge on any atom is 0.327 e. The van der Waals surface area contributed by atoms with E-state index < -0.39 is 5.82 Å². The molecule has 1 saturated heterocycles. The number of rotatable bonds is 5. The standard InChI is InChI=1S/C21H24FN7O3S/c1-11-10-31-12(2)9-29(11)20-25-17(16-8-24-19(23)33-16)26-21(27-20)32-15-6-5-13(7-14(15)22)18(30)28(3)4/h5-8,11-12H,9-10H2,1-4H3,(H2,23,24)/t11-,12+/m0/s1. The highest BCUT2D eigenvalue weighted by molar-refractivity contribution is 7.18. The summed E-state index contributed by atoms with van der Waals surface area (Å²) in [4.78, 5) is 33.5. The van der Waals surface area contributed by atoms with Crippen LogP contribution in [0.2, 0.25) is 0 Å². The van der Waals surface area contributed by atoms with Crippen LogP contribution >= 0.6 is 11.3 Å². The van der Waals surface area contributed by atoms with Crippen molar-refractivity contribution in [3.63, 3.8) is 0 Å². The number of hydrogen-bond donors (Lipinski definition) is 1. The molecule has 0 aliphatic carbocycles. The van der Waals surface area contributed by atoms with Gasteiger partial charge in [-0.2, -0.15) is 15.0 Å². The topological polar surface area (TPSA) is 120 Å². The summed E-state index contributed by atoms with van der Waals surface area (Å²) in [7, 11) is 3.19. The van der Waals surface area contributed by atoms with Gasteiger partial charge in [0.1, 0.15) is 0 Å². The highest BCUT2D eigenvalue weighted by atomic mass is 32.1. The minimum absolute atomic E-state index is 0.0101. The Balaban J connectivity index is 1.71. The van der Waals surface area contributed by atoms with E-state index in [-0.39, 0.29) is 35.4 Å². The zero-order valence-corrected chi connectivity index (χ0v) is 19.5. The Morgan fingerprint density at radius 2 is 2.09 bits per heavy atom. The van der Waals surface area contributed by atoms with Crippen molar-refractivity contribution in [3.05, 3.63) is 35.8 Å². The summed E-state index contributed by atoms with van der Waals surface area (Å²) in [5, 5.41) is 0.370. The van der Waals surface area contributed by atoms with Gasteiger partial charge in [0.25, 0.3) is 5.91 Å². The maximum absolute atomic E-state index is 14.7. The monoisotopic (exact) mass is 473 g/mol. The highest BCUT2D eigenvalue weighted by Crippen LogP contribution is 2.30. The minimum atomic E-state index is -0.707. The van der Waals surface area contributed by atoms with Gasteiger partial charge in [-0.3, -0.25) is 4.79 Å². The van der Waals surface area contributed by atoms with E-state index in [2.05, 4.69) is 19.9 Å². The van der Waals surface area contributed by atoms with Crippen LogP contribution in [0, 0.1) is 5.82 Å². The Labute approximate surface area is 194 Å². The van der Waals surface area contributed by atoms with Crippen LogP contribution in [0.5, 0.6) is 11.8 Å². The van der Waals surface area contributed by atoms with E-state index >= 15 is 0 Å². The number of amides is 1. The molecule has 10 nitrogen and oxygen atoms in total. The lowest BCUT2D eigenvalue weighted by Crippen LogP contribution is -2.48. The summed E-state index contributed by atoms with van der Waals surface area (Å²) < 4.78 is 26.1. The number of ether oxygens (including phenoxy) is 2. The Bertz CT molecular complexity index is 1170. The molecular weight excluding hydrogens is 449 g/mol. The number of carbonyl (C=O) groups excluding carboxylic acids is 1. The molecule has 0 saturated carbocycles. The van der Waals surface area contributed by atoms with Crippen molar-refractivity contribution in [2.45, 2.75) is 26.0 Å². The van der Waals surface area contributed by atoms with Crippen LogP contribution in [0.3, 0.4) is 0 Å². The van der Waals surface area contributed by atoms with Crippen LogP contribution in [-0.2, 0) is 4.74 Å². The van der Waals surface area contributed by atoms with Crippen LogP contribution in [0.25, 0.3) is 10.7 Å². The molecule has 2 aromatic heterocycles.